The molecule has 4 nitrogen and oxygen atoms in total. The third kappa shape index (κ3) is 7.34. The van der Waals surface area contributed by atoms with Gasteiger partial charge in [-0.2, -0.15) is 0 Å². The first-order valence-corrected chi connectivity index (χ1v) is 4.37. The van der Waals surface area contributed by atoms with Crippen molar-refractivity contribution in [3.63, 3.8) is 0 Å². The molecule has 0 bridgehead atoms. The van der Waals surface area contributed by atoms with Gasteiger partial charge >= 0.3 is 6.09 Å². The molecule has 0 aliphatic carbocycles. The van der Waals surface area contributed by atoms with Crippen LogP contribution in [0.3, 0.4) is 0 Å². The molecule has 0 fully saturated rings. The second-order valence-electron chi connectivity index (χ2n) is 2.85. The molecule has 0 saturated carbocycles. The maximum atomic E-state index is 10.2. The lowest BCUT2D eigenvalue weighted by Crippen LogP contribution is -2.31. The molecular formula is C8H18N2O2. The number of carbonyl (C=O) groups is 1. The number of rotatable bonds is 6. The van der Waals surface area contributed by atoms with Gasteiger partial charge in [0, 0.05) is 6.04 Å². The average Bonchev–Trinajstić information content (AvgIpc) is 1.97. The molecule has 0 aromatic heterocycles. The molecular weight excluding hydrogens is 156 g/mol. The molecule has 1 unspecified atom stereocenters. The van der Waals surface area contributed by atoms with Gasteiger partial charge in [-0.3, -0.25) is 0 Å². The molecule has 4 heteroatoms. The van der Waals surface area contributed by atoms with Crippen molar-refractivity contribution in [3.05, 3.63) is 0 Å². The van der Waals surface area contributed by atoms with E-state index in [9.17, 15) is 4.79 Å². The van der Waals surface area contributed by atoms with E-state index in [0.717, 1.165) is 25.9 Å². The summed E-state index contributed by atoms with van der Waals surface area (Å²) in [6.07, 6.45) is 0.958. The minimum atomic E-state index is -0.939. The number of amides is 1. The fourth-order valence-corrected chi connectivity index (χ4v) is 0.993. The van der Waals surface area contributed by atoms with Crippen LogP contribution in [0.2, 0.25) is 0 Å². The Bertz CT molecular complexity index is 128. The lowest BCUT2D eigenvalue weighted by molar-refractivity contribution is 0.190. The van der Waals surface area contributed by atoms with Crippen LogP contribution >= 0.6 is 0 Å². The summed E-state index contributed by atoms with van der Waals surface area (Å²) in [6, 6.07) is 0.0566. The Balaban J connectivity index is 3.19. The van der Waals surface area contributed by atoms with Crippen molar-refractivity contribution in [3.8, 4) is 0 Å². The minimum Gasteiger partial charge on any atom is -0.465 e. The van der Waals surface area contributed by atoms with E-state index in [0.29, 0.717) is 0 Å². The number of hydrogen-bond acceptors (Lipinski definition) is 2. The monoisotopic (exact) mass is 174 g/mol. The zero-order valence-electron chi connectivity index (χ0n) is 7.76. The van der Waals surface area contributed by atoms with Gasteiger partial charge in [-0.25, -0.2) is 4.79 Å². The molecule has 0 rings (SSSR count). The highest BCUT2D eigenvalue weighted by molar-refractivity contribution is 5.64. The molecule has 3 N–H and O–H groups in total. The Morgan fingerprint density at radius 3 is 2.75 bits per heavy atom. The fourth-order valence-electron chi connectivity index (χ4n) is 0.993. The Morgan fingerprint density at radius 2 is 2.25 bits per heavy atom. The van der Waals surface area contributed by atoms with Crippen LogP contribution in [0.1, 0.15) is 26.7 Å². The largest absolute Gasteiger partial charge is 0.465 e. The quantitative estimate of drug-likeness (QED) is 0.527. The van der Waals surface area contributed by atoms with Gasteiger partial charge in [-0.1, -0.05) is 6.92 Å². The molecule has 12 heavy (non-hydrogen) atoms. The highest BCUT2D eigenvalue weighted by Gasteiger charge is 2.03. The van der Waals surface area contributed by atoms with Crippen molar-refractivity contribution in [2.45, 2.75) is 32.7 Å². The first-order valence-electron chi connectivity index (χ1n) is 4.37. The van der Waals surface area contributed by atoms with E-state index in [1.807, 2.05) is 6.92 Å². The summed E-state index contributed by atoms with van der Waals surface area (Å²) >= 11 is 0. The molecule has 0 aliphatic rings. The molecule has 0 spiro atoms. The van der Waals surface area contributed by atoms with Gasteiger partial charge in [0.1, 0.15) is 0 Å². The van der Waals surface area contributed by atoms with Crippen molar-refractivity contribution < 1.29 is 9.90 Å². The van der Waals surface area contributed by atoms with Crippen molar-refractivity contribution in [2.75, 3.05) is 13.1 Å². The predicted molar refractivity (Wildman–Crippen MR) is 48.4 cm³/mol. The summed E-state index contributed by atoms with van der Waals surface area (Å²) in [5.41, 5.74) is 0. The van der Waals surface area contributed by atoms with Crippen molar-refractivity contribution >= 4 is 6.09 Å². The topological polar surface area (TPSA) is 61.4 Å². The number of carboxylic acid groups (broad SMARTS) is 1. The lowest BCUT2D eigenvalue weighted by Gasteiger charge is -2.10. The normalized spacial score (nSPS) is 12.5. The Kier molecular flexibility index (Phi) is 6.47. The summed E-state index contributed by atoms with van der Waals surface area (Å²) in [5, 5.41) is 14.0. The van der Waals surface area contributed by atoms with Crippen LogP contribution in [0.5, 0.6) is 0 Å². The summed E-state index contributed by atoms with van der Waals surface area (Å²) in [6.45, 7) is 5.86. The first-order chi connectivity index (χ1) is 5.66. The van der Waals surface area contributed by atoms with Gasteiger partial charge in [-0.05, 0) is 32.9 Å². The maximum absolute atomic E-state index is 10.2. The van der Waals surface area contributed by atoms with Gasteiger partial charge in [0.05, 0.1) is 0 Å². The van der Waals surface area contributed by atoms with Crippen LogP contribution in [-0.4, -0.2) is 30.3 Å². The third-order valence-electron chi connectivity index (χ3n) is 1.61. The fraction of sp³-hybridized carbons (Fsp3) is 0.875. The Morgan fingerprint density at radius 1 is 1.58 bits per heavy atom. The highest BCUT2D eigenvalue weighted by atomic mass is 16.4. The average molecular weight is 174 g/mol. The van der Waals surface area contributed by atoms with E-state index in [1.54, 1.807) is 0 Å². The van der Waals surface area contributed by atoms with Gasteiger partial charge in [0.25, 0.3) is 0 Å². The molecule has 72 valence electrons. The molecule has 1 amide bonds. The van der Waals surface area contributed by atoms with Crippen molar-refractivity contribution in [2.24, 2.45) is 0 Å². The summed E-state index contributed by atoms with van der Waals surface area (Å²) < 4.78 is 0. The zero-order valence-corrected chi connectivity index (χ0v) is 7.76. The van der Waals surface area contributed by atoms with Crippen molar-refractivity contribution in [1.29, 1.82) is 0 Å². The molecule has 0 aromatic carbocycles. The SMILES string of the molecule is CCNCCCC(C)NC(=O)O. The zero-order chi connectivity index (χ0) is 9.40. The maximum Gasteiger partial charge on any atom is 0.404 e. The van der Waals surface area contributed by atoms with Gasteiger partial charge in [0.15, 0.2) is 0 Å². The standard InChI is InChI=1S/C8H18N2O2/c1-3-9-6-4-5-7(2)10-8(11)12/h7,9-10H,3-6H2,1-2H3,(H,11,12). The Hall–Kier alpha value is -0.770. The van der Waals surface area contributed by atoms with Crippen LogP contribution in [-0.2, 0) is 0 Å². The van der Waals surface area contributed by atoms with E-state index >= 15 is 0 Å². The second kappa shape index (κ2) is 6.91. The number of hydrogen-bond donors (Lipinski definition) is 3. The summed E-state index contributed by atoms with van der Waals surface area (Å²) in [4.78, 5) is 10.2. The summed E-state index contributed by atoms with van der Waals surface area (Å²) in [5.74, 6) is 0. The van der Waals surface area contributed by atoms with Crippen LogP contribution in [0, 0.1) is 0 Å². The first kappa shape index (κ1) is 11.2. The Labute approximate surface area is 73.3 Å². The molecule has 0 saturated heterocycles. The lowest BCUT2D eigenvalue weighted by atomic mass is 10.2. The molecule has 0 heterocycles. The molecule has 0 aliphatic heterocycles. The van der Waals surface area contributed by atoms with Gasteiger partial charge in [-0.15, -0.1) is 0 Å². The highest BCUT2D eigenvalue weighted by Crippen LogP contribution is 1.94. The van der Waals surface area contributed by atoms with E-state index in [2.05, 4.69) is 17.6 Å². The van der Waals surface area contributed by atoms with Crippen LogP contribution in [0.4, 0.5) is 4.79 Å². The molecule has 0 radical (unpaired) electrons. The number of nitrogens with one attached hydrogen (secondary N) is 2. The van der Waals surface area contributed by atoms with Crippen LogP contribution in [0.25, 0.3) is 0 Å². The summed E-state index contributed by atoms with van der Waals surface area (Å²) in [7, 11) is 0. The van der Waals surface area contributed by atoms with E-state index in [4.69, 9.17) is 5.11 Å². The van der Waals surface area contributed by atoms with E-state index in [-0.39, 0.29) is 6.04 Å². The van der Waals surface area contributed by atoms with Crippen LogP contribution in [0.15, 0.2) is 0 Å². The molecule has 1 atom stereocenters. The smallest absolute Gasteiger partial charge is 0.404 e. The van der Waals surface area contributed by atoms with Crippen molar-refractivity contribution in [1.82, 2.24) is 10.6 Å². The van der Waals surface area contributed by atoms with E-state index < -0.39 is 6.09 Å². The van der Waals surface area contributed by atoms with Gasteiger partial charge in [0.2, 0.25) is 0 Å². The van der Waals surface area contributed by atoms with Gasteiger partial charge < -0.3 is 15.7 Å². The second-order valence-corrected chi connectivity index (χ2v) is 2.85. The minimum absolute atomic E-state index is 0.0566. The third-order valence-corrected chi connectivity index (χ3v) is 1.61. The predicted octanol–water partition coefficient (Wildman–Crippen LogP) is 1.03. The van der Waals surface area contributed by atoms with Crippen LogP contribution < -0.4 is 10.6 Å². The van der Waals surface area contributed by atoms with E-state index in [1.165, 1.54) is 0 Å². The molecule has 0 aromatic rings.